The molecule has 0 aliphatic rings. The second kappa shape index (κ2) is 6.94. The molecule has 0 spiro atoms. The van der Waals surface area contributed by atoms with Gasteiger partial charge in [0.15, 0.2) is 11.5 Å². The molecular formula is C15H22O3. The van der Waals surface area contributed by atoms with E-state index in [2.05, 4.69) is 26.0 Å². The van der Waals surface area contributed by atoms with Gasteiger partial charge in [0, 0.05) is 0 Å². The predicted molar refractivity (Wildman–Crippen MR) is 74.6 cm³/mol. The van der Waals surface area contributed by atoms with Crippen LogP contribution in [0.5, 0.6) is 17.2 Å². The van der Waals surface area contributed by atoms with Crippen LogP contribution >= 0.6 is 0 Å². The third kappa shape index (κ3) is 3.42. The van der Waals surface area contributed by atoms with E-state index < -0.39 is 0 Å². The molecule has 0 fully saturated rings. The smallest absolute Gasteiger partial charge is 0.203 e. The van der Waals surface area contributed by atoms with Crippen molar-refractivity contribution in [2.24, 2.45) is 5.92 Å². The summed E-state index contributed by atoms with van der Waals surface area (Å²) in [6.45, 7) is 4.36. The molecule has 0 amide bonds. The summed E-state index contributed by atoms with van der Waals surface area (Å²) in [5.74, 6) is 2.55. The van der Waals surface area contributed by atoms with E-state index in [1.807, 2.05) is 12.1 Å². The third-order valence-corrected chi connectivity index (χ3v) is 2.95. The number of hydrogen-bond acceptors (Lipinski definition) is 3. The zero-order valence-electron chi connectivity index (χ0n) is 11.8. The molecule has 0 aromatic heterocycles. The maximum Gasteiger partial charge on any atom is 0.203 e. The highest BCUT2D eigenvalue weighted by Crippen LogP contribution is 2.38. The summed E-state index contributed by atoms with van der Waals surface area (Å²) in [5.41, 5.74) is 1.05. The summed E-state index contributed by atoms with van der Waals surface area (Å²) >= 11 is 0. The van der Waals surface area contributed by atoms with Gasteiger partial charge in [0.1, 0.15) is 0 Å². The van der Waals surface area contributed by atoms with E-state index in [1.54, 1.807) is 21.3 Å². The van der Waals surface area contributed by atoms with Gasteiger partial charge in [-0.2, -0.15) is 0 Å². The summed E-state index contributed by atoms with van der Waals surface area (Å²) in [6.07, 6.45) is 5.39. The Morgan fingerprint density at radius 3 is 2.00 bits per heavy atom. The van der Waals surface area contributed by atoms with Crippen molar-refractivity contribution < 1.29 is 14.2 Å². The summed E-state index contributed by atoms with van der Waals surface area (Å²) in [7, 11) is 4.86. The molecule has 0 saturated carbocycles. The van der Waals surface area contributed by atoms with Crippen LogP contribution in [0.3, 0.4) is 0 Å². The molecular weight excluding hydrogens is 228 g/mol. The molecule has 0 aliphatic carbocycles. The van der Waals surface area contributed by atoms with Gasteiger partial charge in [-0.1, -0.05) is 32.4 Å². The lowest BCUT2D eigenvalue weighted by Gasteiger charge is -2.13. The van der Waals surface area contributed by atoms with Gasteiger partial charge in [-0.25, -0.2) is 0 Å². The SMILES string of the molecule is CCC(C)/C=C/c1cc(OC)c(OC)c(OC)c1. The van der Waals surface area contributed by atoms with Gasteiger partial charge in [-0.05, 0) is 23.6 Å². The first-order valence-electron chi connectivity index (χ1n) is 6.14. The quantitative estimate of drug-likeness (QED) is 0.769. The van der Waals surface area contributed by atoms with Crippen molar-refractivity contribution in [1.82, 2.24) is 0 Å². The maximum absolute atomic E-state index is 5.31. The minimum Gasteiger partial charge on any atom is -0.493 e. The van der Waals surface area contributed by atoms with Gasteiger partial charge in [-0.3, -0.25) is 0 Å². The molecule has 1 rings (SSSR count). The van der Waals surface area contributed by atoms with Crippen LogP contribution in [0.4, 0.5) is 0 Å². The van der Waals surface area contributed by atoms with Crippen LogP contribution in [0.2, 0.25) is 0 Å². The molecule has 1 unspecified atom stereocenters. The minimum absolute atomic E-state index is 0.559. The van der Waals surface area contributed by atoms with E-state index in [1.165, 1.54) is 0 Å². The Morgan fingerprint density at radius 1 is 1.06 bits per heavy atom. The average Bonchev–Trinajstić information content (AvgIpc) is 2.43. The van der Waals surface area contributed by atoms with Crippen molar-refractivity contribution in [3.63, 3.8) is 0 Å². The Labute approximate surface area is 109 Å². The van der Waals surface area contributed by atoms with E-state index >= 15 is 0 Å². The Morgan fingerprint density at radius 2 is 1.61 bits per heavy atom. The van der Waals surface area contributed by atoms with Crippen LogP contribution in [0.15, 0.2) is 18.2 Å². The number of rotatable bonds is 6. The molecule has 0 aliphatic heterocycles. The predicted octanol–water partition coefficient (Wildman–Crippen LogP) is 3.77. The Hall–Kier alpha value is -1.64. The van der Waals surface area contributed by atoms with E-state index in [0.717, 1.165) is 12.0 Å². The van der Waals surface area contributed by atoms with Gasteiger partial charge in [0.05, 0.1) is 21.3 Å². The summed E-state index contributed by atoms with van der Waals surface area (Å²) in [4.78, 5) is 0. The zero-order valence-corrected chi connectivity index (χ0v) is 11.8. The molecule has 0 heterocycles. The fourth-order valence-electron chi connectivity index (χ4n) is 1.61. The maximum atomic E-state index is 5.31. The monoisotopic (exact) mass is 250 g/mol. The van der Waals surface area contributed by atoms with Gasteiger partial charge in [0.2, 0.25) is 5.75 Å². The van der Waals surface area contributed by atoms with E-state index in [-0.39, 0.29) is 0 Å². The van der Waals surface area contributed by atoms with E-state index in [0.29, 0.717) is 23.2 Å². The van der Waals surface area contributed by atoms with Crippen molar-refractivity contribution in [3.05, 3.63) is 23.8 Å². The normalized spacial score (nSPS) is 12.5. The van der Waals surface area contributed by atoms with Crippen molar-refractivity contribution in [1.29, 1.82) is 0 Å². The first kappa shape index (κ1) is 14.4. The highest BCUT2D eigenvalue weighted by molar-refractivity contribution is 5.62. The number of allylic oxidation sites excluding steroid dienone is 1. The molecule has 0 saturated heterocycles. The molecule has 3 heteroatoms. The molecule has 0 N–H and O–H groups in total. The molecule has 18 heavy (non-hydrogen) atoms. The zero-order chi connectivity index (χ0) is 13.5. The van der Waals surface area contributed by atoms with Crippen LogP contribution in [-0.4, -0.2) is 21.3 Å². The fourth-order valence-corrected chi connectivity index (χ4v) is 1.61. The molecule has 3 nitrogen and oxygen atoms in total. The minimum atomic E-state index is 0.559. The second-order valence-corrected chi connectivity index (χ2v) is 4.20. The molecule has 0 bridgehead atoms. The van der Waals surface area contributed by atoms with Crippen LogP contribution in [0, 0.1) is 5.92 Å². The number of ether oxygens (including phenoxy) is 3. The largest absolute Gasteiger partial charge is 0.493 e. The van der Waals surface area contributed by atoms with E-state index in [4.69, 9.17) is 14.2 Å². The lowest BCUT2D eigenvalue weighted by atomic mass is 10.1. The van der Waals surface area contributed by atoms with Crippen LogP contribution in [-0.2, 0) is 0 Å². The Balaban J connectivity index is 3.11. The molecule has 0 radical (unpaired) electrons. The summed E-state index contributed by atoms with van der Waals surface area (Å²) in [5, 5.41) is 0. The molecule has 1 aromatic rings. The Bertz CT molecular complexity index is 385. The first-order valence-corrected chi connectivity index (χ1v) is 6.14. The van der Waals surface area contributed by atoms with Crippen LogP contribution in [0.1, 0.15) is 25.8 Å². The highest BCUT2D eigenvalue weighted by Gasteiger charge is 2.11. The van der Waals surface area contributed by atoms with Gasteiger partial charge >= 0.3 is 0 Å². The van der Waals surface area contributed by atoms with Crippen LogP contribution in [0.25, 0.3) is 6.08 Å². The van der Waals surface area contributed by atoms with Gasteiger partial charge in [0.25, 0.3) is 0 Å². The van der Waals surface area contributed by atoms with Crippen molar-refractivity contribution in [3.8, 4) is 17.2 Å². The average molecular weight is 250 g/mol. The van der Waals surface area contributed by atoms with Crippen molar-refractivity contribution in [2.45, 2.75) is 20.3 Å². The fraction of sp³-hybridized carbons (Fsp3) is 0.467. The third-order valence-electron chi connectivity index (χ3n) is 2.95. The number of methoxy groups -OCH3 is 3. The molecule has 1 aromatic carbocycles. The van der Waals surface area contributed by atoms with Crippen LogP contribution < -0.4 is 14.2 Å². The van der Waals surface area contributed by atoms with Crippen molar-refractivity contribution >= 4 is 6.08 Å². The summed E-state index contributed by atoms with van der Waals surface area (Å²) < 4.78 is 15.9. The molecule has 100 valence electrons. The standard InChI is InChI=1S/C15H22O3/c1-6-11(2)7-8-12-9-13(16-3)15(18-5)14(10-12)17-4/h7-11H,6H2,1-5H3/b8-7+. The van der Waals surface area contributed by atoms with Crippen molar-refractivity contribution in [2.75, 3.05) is 21.3 Å². The summed E-state index contributed by atoms with van der Waals surface area (Å²) in [6, 6.07) is 3.89. The lowest BCUT2D eigenvalue weighted by Crippen LogP contribution is -1.95. The topological polar surface area (TPSA) is 27.7 Å². The lowest BCUT2D eigenvalue weighted by molar-refractivity contribution is 0.324. The first-order chi connectivity index (χ1) is 8.65. The highest BCUT2D eigenvalue weighted by atomic mass is 16.5. The van der Waals surface area contributed by atoms with Gasteiger partial charge < -0.3 is 14.2 Å². The number of benzene rings is 1. The van der Waals surface area contributed by atoms with E-state index in [9.17, 15) is 0 Å². The number of hydrogen-bond donors (Lipinski definition) is 0. The second-order valence-electron chi connectivity index (χ2n) is 4.20. The molecule has 1 atom stereocenters. The van der Waals surface area contributed by atoms with Gasteiger partial charge in [-0.15, -0.1) is 0 Å². The Kier molecular flexibility index (Phi) is 5.56.